The van der Waals surface area contributed by atoms with Crippen LogP contribution in [0.15, 0.2) is 30.3 Å². The molecule has 0 aliphatic rings. The molecule has 0 amide bonds. The van der Waals surface area contributed by atoms with Gasteiger partial charge in [0.2, 0.25) is 0 Å². The zero-order valence-electron chi connectivity index (χ0n) is 13.9. The van der Waals surface area contributed by atoms with E-state index in [9.17, 15) is 9.59 Å². The second-order valence-electron chi connectivity index (χ2n) is 5.68. The van der Waals surface area contributed by atoms with Gasteiger partial charge in [0.05, 0.1) is 6.61 Å². The number of thiophene rings is 1. The fourth-order valence-corrected chi connectivity index (χ4v) is 4.05. The Kier molecular flexibility index (Phi) is 4.53. The number of H-pyrrole nitrogens is 1. The molecule has 3 rings (SSSR count). The summed E-state index contributed by atoms with van der Waals surface area (Å²) < 4.78 is 6.29. The lowest BCUT2D eigenvalue weighted by molar-refractivity contribution is 0.0519. The zero-order valence-corrected chi connectivity index (χ0v) is 14.8. The maximum absolute atomic E-state index is 12.1. The number of carbonyl (C=O) groups is 2. The van der Waals surface area contributed by atoms with Crippen LogP contribution in [-0.2, 0) is 11.2 Å². The van der Waals surface area contributed by atoms with Gasteiger partial charge in [-0.25, -0.2) is 4.79 Å². The molecule has 1 N–H and O–H groups in total. The van der Waals surface area contributed by atoms with Crippen LogP contribution in [0.2, 0.25) is 0 Å². The van der Waals surface area contributed by atoms with Crippen molar-refractivity contribution in [3.8, 4) is 0 Å². The van der Waals surface area contributed by atoms with Crippen molar-refractivity contribution >= 4 is 33.2 Å². The lowest BCUT2D eigenvalue weighted by atomic mass is 10.0. The van der Waals surface area contributed by atoms with Crippen molar-refractivity contribution in [1.29, 1.82) is 0 Å². The number of esters is 1. The first-order chi connectivity index (χ1) is 11.5. The molecule has 3 aromatic rings. The highest BCUT2D eigenvalue weighted by molar-refractivity contribution is 7.19. The standard InChI is InChI=1S/C19H19NO3S/c1-4-23-19(22)18-11(2)17(12(3)21)15(20-18)10-14-9-13-7-5-6-8-16(13)24-14/h5-9,20H,4,10H2,1-3H3. The Morgan fingerprint density at radius 3 is 2.67 bits per heavy atom. The number of rotatable bonds is 5. The quantitative estimate of drug-likeness (QED) is 0.549. The fourth-order valence-electron chi connectivity index (χ4n) is 2.97. The molecule has 0 atom stereocenters. The van der Waals surface area contributed by atoms with Gasteiger partial charge >= 0.3 is 5.97 Å². The molecule has 124 valence electrons. The number of nitrogens with one attached hydrogen (secondary N) is 1. The Bertz CT molecular complexity index is 887. The molecule has 2 heterocycles. The Labute approximate surface area is 144 Å². The zero-order chi connectivity index (χ0) is 17.3. The van der Waals surface area contributed by atoms with Crippen LogP contribution >= 0.6 is 11.3 Å². The van der Waals surface area contributed by atoms with Gasteiger partial charge in [0.15, 0.2) is 5.78 Å². The average Bonchev–Trinajstić information content (AvgIpc) is 3.08. The highest BCUT2D eigenvalue weighted by atomic mass is 32.1. The highest BCUT2D eigenvalue weighted by Gasteiger charge is 2.23. The monoisotopic (exact) mass is 341 g/mol. The third-order valence-corrected chi connectivity index (χ3v) is 5.10. The number of ether oxygens (including phenoxy) is 1. The van der Waals surface area contributed by atoms with Crippen LogP contribution in [0.25, 0.3) is 10.1 Å². The first kappa shape index (κ1) is 16.5. The first-order valence-electron chi connectivity index (χ1n) is 7.88. The maximum atomic E-state index is 12.1. The molecule has 0 aliphatic carbocycles. The lowest BCUT2D eigenvalue weighted by Crippen LogP contribution is -2.07. The number of hydrogen-bond acceptors (Lipinski definition) is 4. The fraction of sp³-hybridized carbons (Fsp3) is 0.263. The van der Waals surface area contributed by atoms with Crippen LogP contribution in [-0.4, -0.2) is 23.3 Å². The molecule has 0 radical (unpaired) electrons. The molecule has 0 spiro atoms. The minimum absolute atomic E-state index is 0.0459. The molecule has 1 aromatic carbocycles. The topological polar surface area (TPSA) is 59.2 Å². The van der Waals surface area contributed by atoms with Gasteiger partial charge in [0, 0.05) is 27.3 Å². The molecule has 5 heteroatoms. The summed E-state index contributed by atoms with van der Waals surface area (Å²) in [6.45, 7) is 5.38. The molecular weight excluding hydrogens is 322 g/mol. The normalized spacial score (nSPS) is 11.0. The molecule has 4 nitrogen and oxygen atoms in total. The third-order valence-electron chi connectivity index (χ3n) is 3.99. The van der Waals surface area contributed by atoms with E-state index >= 15 is 0 Å². The van der Waals surface area contributed by atoms with Crippen LogP contribution in [0, 0.1) is 6.92 Å². The molecule has 0 fully saturated rings. The van der Waals surface area contributed by atoms with E-state index in [-0.39, 0.29) is 5.78 Å². The van der Waals surface area contributed by atoms with Gasteiger partial charge in [-0.2, -0.15) is 0 Å². The summed E-state index contributed by atoms with van der Waals surface area (Å²) in [6.07, 6.45) is 0.592. The van der Waals surface area contributed by atoms with Crippen molar-refractivity contribution in [3.63, 3.8) is 0 Å². The molecule has 2 aromatic heterocycles. The van der Waals surface area contributed by atoms with E-state index in [2.05, 4.69) is 23.2 Å². The minimum atomic E-state index is -0.417. The number of hydrogen-bond donors (Lipinski definition) is 1. The van der Waals surface area contributed by atoms with Crippen molar-refractivity contribution < 1.29 is 14.3 Å². The first-order valence-corrected chi connectivity index (χ1v) is 8.69. The summed E-state index contributed by atoms with van der Waals surface area (Å²) in [4.78, 5) is 28.4. The number of ketones is 1. The number of Topliss-reactive ketones (excluding diaryl/α,β-unsaturated/α-hetero) is 1. The van der Waals surface area contributed by atoms with E-state index < -0.39 is 5.97 Å². The number of benzene rings is 1. The van der Waals surface area contributed by atoms with Gasteiger partial charge in [0.1, 0.15) is 5.69 Å². The average molecular weight is 341 g/mol. The predicted molar refractivity (Wildman–Crippen MR) is 96.1 cm³/mol. The van der Waals surface area contributed by atoms with Gasteiger partial charge in [-0.15, -0.1) is 11.3 Å². The molecule has 0 bridgehead atoms. The molecule has 0 unspecified atom stereocenters. The predicted octanol–water partition coefficient (Wildman–Crippen LogP) is 4.51. The van der Waals surface area contributed by atoms with Crippen molar-refractivity contribution in [2.45, 2.75) is 27.2 Å². The summed E-state index contributed by atoms with van der Waals surface area (Å²) >= 11 is 1.70. The second kappa shape index (κ2) is 6.61. The Balaban J connectivity index is 2.01. The molecular formula is C19H19NO3S. The van der Waals surface area contributed by atoms with Crippen molar-refractivity contribution in [1.82, 2.24) is 4.98 Å². The Morgan fingerprint density at radius 1 is 1.25 bits per heavy atom. The van der Waals surface area contributed by atoms with Gasteiger partial charge < -0.3 is 9.72 Å². The second-order valence-corrected chi connectivity index (χ2v) is 6.85. The highest BCUT2D eigenvalue weighted by Crippen LogP contribution is 2.29. The van der Waals surface area contributed by atoms with Gasteiger partial charge in [0.25, 0.3) is 0 Å². The van der Waals surface area contributed by atoms with Crippen molar-refractivity contribution in [2.75, 3.05) is 6.61 Å². The largest absolute Gasteiger partial charge is 0.461 e. The van der Waals surface area contributed by atoms with Gasteiger partial charge in [-0.05, 0) is 43.9 Å². The summed E-state index contributed by atoms with van der Waals surface area (Å²) in [5.74, 6) is -0.462. The van der Waals surface area contributed by atoms with Crippen LogP contribution in [0.4, 0.5) is 0 Å². The number of carbonyl (C=O) groups excluding carboxylic acids is 2. The summed E-state index contributed by atoms with van der Waals surface area (Å²) in [7, 11) is 0. The Hall–Kier alpha value is -2.40. The summed E-state index contributed by atoms with van der Waals surface area (Å²) in [6, 6.07) is 10.3. The number of aromatic nitrogens is 1. The smallest absolute Gasteiger partial charge is 0.355 e. The molecule has 0 saturated heterocycles. The Morgan fingerprint density at radius 2 is 2.00 bits per heavy atom. The van der Waals surface area contributed by atoms with Crippen LogP contribution in [0.5, 0.6) is 0 Å². The third kappa shape index (κ3) is 2.99. The van der Waals surface area contributed by atoms with Gasteiger partial charge in [-0.3, -0.25) is 4.79 Å². The number of aromatic amines is 1. The van der Waals surface area contributed by atoms with E-state index in [1.165, 1.54) is 17.0 Å². The molecule has 24 heavy (non-hydrogen) atoms. The minimum Gasteiger partial charge on any atom is -0.461 e. The van der Waals surface area contributed by atoms with Crippen molar-refractivity contribution in [2.24, 2.45) is 0 Å². The van der Waals surface area contributed by atoms with Crippen LogP contribution in [0.3, 0.4) is 0 Å². The van der Waals surface area contributed by atoms with Gasteiger partial charge in [-0.1, -0.05) is 18.2 Å². The van der Waals surface area contributed by atoms with E-state index in [4.69, 9.17) is 4.74 Å². The van der Waals surface area contributed by atoms with E-state index in [1.807, 2.05) is 12.1 Å². The molecule has 0 saturated carbocycles. The maximum Gasteiger partial charge on any atom is 0.355 e. The van der Waals surface area contributed by atoms with E-state index in [1.54, 1.807) is 25.2 Å². The summed E-state index contributed by atoms with van der Waals surface area (Å²) in [5.41, 5.74) is 2.40. The summed E-state index contributed by atoms with van der Waals surface area (Å²) in [5, 5.41) is 1.19. The van der Waals surface area contributed by atoms with E-state index in [0.29, 0.717) is 29.8 Å². The SMILES string of the molecule is CCOC(=O)c1[nH]c(Cc2cc3ccccc3s2)c(C(C)=O)c1C. The number of fused-ring (bicyclic) bond motifs is 1. The van der Waals surface area contributed by atoms with E-state index in [0.717, 1.165) is 10.6 Å². The van der Waals surface area contributed by atoms with Crippen LogP contribution < -0.4 is 0 Å². The lowest BCUT2D eigenvalue weighted by Gasteiger charge is -2.00. The van der Waals surface area contributed by atoms with Crippen LogP contribution in [0.1, 0.15) is 50.8 Å². The molecule has 0 aliphatic heterocycles. The van der Waals surface area contributed by atoms with Crippen molar-refractivity contribution in [3.05, 3.63) is 57.7 Å².